The molecule has 2 rings (SSSR count). The predicted molar refractivity (Wildman–Crippen MR) is 47.9 cm³/mol. The summed E-state index contributed by atoms with van der Waals surface area (Å²) in [6.07, 6.45) is 0. The first-order valence-electron chi connectivity index (χ1n) is 4.43. The highest BCUT2D eigenvalue weighted by Crippen LogP contribution is 2.31. The minimum absolute atomic E-state index is 0.199. The highest BCUT2D eigenvalue weighted by Gasteiger charge is 2.41. The van der Waals surface area contributed by atoms with Gasteiger partial charge in [-0.05, 0) is 18.6 Å². The number of hydrogen-bond acceptors (Lipinski definition) is 2. The maximum Gasteiger partial charge on any atom is 0.135 e. The number of aliphatic hydroxyl groups is 1. The van der Waals surface area contributed by atoms with E-state index in [1.54, 1.807) is 6.92 Å². The highest BCUT2D eigenvalue weighted by atomic mass is 19.1. The first kappa shape index (κ1) is 9.55. The average Bonchev–Trinajstić information content (AvgIpc) is 2.09. The van der Waals surface area contributed by atoms with E-state index in [-0.39, 0.29) is 18.7 Å². The van der Waals surface area contributed by atoms with Gasteiger partial charge < -0.3 is 10.4 Å². The zero-order valence-corrected chi connectivity index (χ0v) is 7.77. The largest absolute Gasteiger partial charge is 0.382 e. The second kappa shape index (κ2) is 3.00. The Balaban J connectivity index is 2.56. The Labute approximate surface area is 80.6 Å². The summed E-state index contributed by atoms with van der Waals surface area (Å²) < 4.78 is 26.9. The van der Waals surface area contributed by atoms with Crippen molar-refractivity contribution in [1.29, 1.82) is 0 Å². The fraction of sp³-hybridized carbons (Fsp3) is 0.400. The Morgan fingerprint density at radius 1 is 1.36 bits per heavy atom. The highest BCUT2D eigenvalue weighted by molar-refractivity contribution is 5.33. The Bertz CT molecular complexity index is 375. The lowest BCUT2D eigenvalue weighted by atomic mass is 9.86. The average molecular weight is 199 g/mol. The van der Waals surface area contributed by atoms with Crippen LogP contribution in [0.5, 0.6) is 0 Å². The van der Waals surface area contributed by atoms with Crippen molar-refractivity contribution in [2.24, 2.45) is 0 Å². The number of rotatable bonds is 1. The summed E-state index contributed by atoms with van der Waals surface area (Å²) in [6, 6.07) is 2.55. The summed E-state index contributed by atoms with van der Waals surface area (Å²) >= 11 is 0. The fourth-order valence-electron chi connectivity index (χ4n) is 1.62. The van der Waals surface area contributed by atoms with Crippen molar-refractivity contribution in [2.45, 2.75) is 12.5 Å². The molecule has 1 heterocycles. The van der Waals surface area contributed by atoms with E-state index in [9.17, 15) is 13.9 Å². The van der Waals surface area contributed by atoms with Crippen molar-refractivity contribution >= 4 is 0 Å². The Kier molecular flexibility index (Phi) is 2.05. The lowest BCUT2D eigenvalue weighted by Gasteiger charge is -2.38. The van der Waals surface area contributed by atoms with Crippen molar-refractivity contribution in [1.82, 2.24) is 5.32 Å². The van der Waals surface area contributed by atoms with Crippen LogP contribution in [0.3, 0.4) is 0 Å². The first-order chi connectivity index (χ1) is 6.54. The topological polar surface area (TPSA) is 32.3 Å². The van der Waals surface area contributed by atoms with Crippen LogP contribution in [0.1, 0.15) is 11.1 Å². The summed E-state index contributed by atoms with van der Waals surface area (Å²) in [4.78, 5) is 0. The van der Waals surface area contributed by atoms with Crippen LogP contribution in [-0.4, -0.2) is 18.2 Å². The predicted octanol–water partition coefficient (Wildman–Crippen LogP) is 1.06. The van der Waals surface area contributed by atoms with Gasteiger partial charge in [-0.15, -0.1) is 0 Å². The molecule has 4 heteroatoms. The van der Waals surface area contributed by atoms with Gasteiger partial charge in [0.25, 0.3) is 0 Å². The summed E-state index contributed by atoms with van der Waals surface area (Å²) in [5, 5.41) is 12.6. The number of β-amino-alcohol motifs (C(OH)–C–C–N with tert-alkyl or cyclic N) is 1. The number of hydrogen-bond donors (Lipinski definition) is 2. The Morgan fingerprint density at radius 2 is 2.00 bits per heavy atom. The molecule has 0 amide bonds. The van der Waals surface area contributed by atoms with Gasteiger partial charge in [0.05, 0.1) is 5.56 Å². The molecule has 76 valence electrons. The molecule has 0 aliphatic carbocycles. The van der Waals surface area contributed by atoms with Gasteiger partial charge in [-0.25, -0.2) is 8.78 Å². The molecule has 0 spiro atoms. The van der Waals surface area contributed by atoms with Crippen LogP contribution >= 0.6 is 0 Å². The van der Waals surface area contributed by atoms with E-state index in [1.165, 1.54) is 12.1 Å². The van der Waals surface area contributed by atoms with Gasteiger partial charge in [-0.3, -0.25) is 0 Å². The van der Waals surface area contributed by atoms with Gasteiger partial charge in [-0.1, -0.05) is 6.07 Å². The van der Waals surface area contributed by atoms with Crippen molar-refractivity contribution < 1.29 is 13.9 Å². The normalized spacial score (nSPS) is 19.1. The van der Waals surface area contributed by atoms with E-state index in [1.807, 2.05) is 0 Å². The maximum absolute atomic E-state index is 13.6. The molecule has 0 aromatic heterocycles. The van der Waals surface area contributed by atoms with Crippen LogP contribution in [0, 0.1) is 18.6 Å². The molecule has 1 aromatic rings. The SMILES string of the molecule is Cc1ccc(F)c(C2(O)CNC2)c1F. The van der Waals surface area contributed by atoms with Gasteiger partial charge in [0.15, 0.2) is 0 Å². The number of nitrogens with one attached hydrogen (secondary N) is 1. The zero-order valence-electron chi connectivity index (χ0n) is 7.77. The lowest BCUT2D eigenvalue weighted by Crippen LogP contribution is -2.57. The van der Waals surface area contributed by atoms with Crippen LogP contribution in [-0.2, 0) is 5.60 Å². The summed E-state index contributed by atoms with van der Waals surface area (Å²) in [6.45, 7) is 1.95. The summed E-state index contributed by atoms with van der Waals surface area (Å²) in [5.74, 6) is -1.33. The van der Waals surface area contributed by atoms with Crippen molar-refractivity contribution in [3.05, 3.63) is 34.9 Å². The minimum Gasteiger partial charge on any atom is -0.382 e. The van der Waals surface area contributed by atoms with Crippen LogP contribution in [0.25, 0.3) is 0 Å². The molecule has 1 fully saturated rings. The molecule has 0 bridgehead atoms. The Hall–Kier alpha value is -1.00. The third kappa shape index (κ3) is 1.22. The maximum atomic E-state index is 13.6. The quantitative estimate of drug-likeness (QED) is 0.709. The van der Waals surface area contributed by atoms with E-state index < -0.39 is 17.2 Å². The van der Waals surface area contributed by atoms with E-state index in [2.05, 4.69) is 5.32 Å². The molecule has 14 heavy (non-hydrogen) atoms. The zero-order chi connectivity index (χ0) is 10.3. The van der Waals surface area contributed by atoms with Crippen LogP contribution in [0.4, 0.5) is 8.78 Å². The molecule has 1 aromatic carbocycles. The van der Waals surface area contributed by atoms with E-state index in [4.69, 9.17) is 0 Å². The smallest absolute Gasteiger partial charge is 0.135 e. The molecular weight excluding hydrogens is 188 g/mol. The van der Waals surface area contributed by atoms with Gasteiger partial charge in [0.2, 0.25) is 0 Å². The lowest BCUT2D eigenvalue weighted by molar-refractivity contribution is -0.0209. The minimum atomic E-state index is -1.37. The molecule has 0 atom stereocenters. The number of aryl methyl sites for hydroxylation is 1. The van der Waals surface area contributed by atoms with E-state index in [0.717, 1.165) is 0 Å². The molecule has 1 saturated heterocycles. The molecule has 0 saturated carbocycles. The Morgan fingerprint density at radius 3 is 2.50 bits per heavy atom. The standard InChI is InChI=1S/C10H11F2NO/c1-6-2-3-7(11)8(9(6)12)10(14)4-13-5-10/h2-3,13-14H,4-5H2,1H3. The van der Waals surface area contributed by atoms with Crippen LogP contribution in [0.15, 0.2) is 12.1 Å². The molecule has 1 aliphatic rings. The molecule has 2 N–H and O–H groups in total. The third-order valence-corrected chi connectivity index (χ3v) is 2.58. The van der Waals surface area contributed by atoms with E-state index >= 15 is 0 Å². The van der Waals surface area contributed by atoms with Crippen LogP contribution < -0.4 is 5.32 Å². The van der Waals surface area contributed by atoms with Crippen molar-refractivity contribution in [3.8, 4) is 0 Å². The monoisotopic (exact) mass is 199 g/mol. The van der Waals surface area contributed by atoms with Crippen molar-refractivity contribution in [3.63, 3.8) is 0 Å². The van der Waals surface area contributed by atoms with Gasteiger partial charge >= 0.3 is 0 Å². The second-order valence-corrected chi connectivity index (χ2v) is 3.69. The first-order valence-corrected chi connectivity index (χ1v) is 4.43. The fourth-order valence-corrected chi connectivity index (χ4v) is 1.62. The molecule has 0 radical (unpaired) electrons. The summed E-state index contributed by atoms with van der Waals surface area (Å²) in [5.41, 5.74) is -1.24. The molecular formula is C10H11F2NO. The molecule has 0 unspecified atom stereocenters. The van der Waals surface area contributed by atoms with Crippen molar-refractivity contribution in [2.75, 3.05) is 13.1 Å². The third-order valence-electron chi connectivity index (χ3n) is 2.58. The van der Waals surface area contributed by atoms with E-state index in [0.29, 0.717) is 5.56 Å². The van der Waals surface area contributed by atoms with Gasteiger partial charge in [0, 0.05) is 13.1 Å². The van der Waals surface area contributed by atoms with Gasteiger partial charge in [-0.2, -0.15) is 0 Å². The second-order valence-electron chi connectivity index (χ2n) is 3.69. The van der Waals surface area contributed by atoms with Gasteiger partial charge in [0.1, 0.15) is 17.2 Å². The number of halogens is 2. The number of benzene rings is 1. The molecule has 2 nitrogen and oxygen atoms in total. The van der Waals surface area contributed by atoms with Crippen LogP contribution in [0.2, 0.25) is 0 Å². The molecule has 1 aliphatic heterocycles. The summed E-state index contributed by atoms with van der Waals surface area (Å²) in [7, 11) is 0.